The van der Waals surface area contributed by atoms with E-state index in [-0.39, 0.29) is 11.4 Å². The van der Waals surface area contributed by atoms with E-state index in [1.165, 1.54) is 22.2 Å². The second-order valence-electron chi connectivity index (χ2n) is 4.72. The largest absolute Gasteiger partial charge is 0.480 e. The predicted molar refractivity (Wildman–Crippen MR) is 70.5 cm³/mol. The first-order valence-corrected chi connectivity index (χ1v) is 7.13. The van der Waals surface area contributed by atoms with Gasteiger partial charge < -0.3 is 10.0 Å². The molecule has 6 heteroatoms. The second kappa shape index (κ2) is 5.22. The summed E-state index contributed by atoms with van der Waals surface area (Å²) in [5, 5.41) is 9.09. The average molecular weight is 270 g/mol. The Hall–Kier alpha value is -1.17. The molecule has 2 heterocycles. The maximum absolute atomic E-state index is 12.4. The summed E-state index contributed by atoms with van der Waals surface area (Å²) in [5.41, 5.74) is 1.29. The van der Waals surface area contributed by atoms with Crippen LogP contribution in [0.15, 0.2) is 11.6 Å². The molecule has 2 unspecified atom stereocenters. The zero-order valence-corrected chi connectivity index (χ0v) is 11.4. The molecule has 100 valence electrons. The molecule has 5 nitrogen and oxygen atoms in total. The quantitative estimate of drug-likeness (QED) is 0.735. The Balaban J connectivity index is 2.09. The Bertz CT molecular complexity index is 397. The van der Waals surface area contributed by atoms with Gasteiger partial charge in [0.2, 0.25) is 0 Å². The summed E-state index contributed by atoms with van der Waals surface area (Å²) < 4.78 is 0. The normalized spacial score (nSPS) is 28.2. The zero-order valence-electron chi connectivity index (χ0n) is 10.6. The number of urea groups is 1. The maximum Gasteiger partial charge on any atom is 0.327 e. The van der Waals surface area contributed by atoms with Crippen molar-refractivity contribution in [2.24, 2.45) is 0 Å². The molecule has 1 fully saturated rings. The van der Waals surface area contributed by atoms with Crippen LogP contribution in [0.1, 0.15) is 20.3 Å². The van der Waals surface area contributed by atoms with E-state index in [9.17, 15) is 9.59 Å². The van der Waals surface area contributed by atoms with E-state index in [1.807, 2.05) is 13.0 Å². The Kier molecular flexibility index (Phi) is 3.85. The lowest BCUT2D eigenvalue weighted by atomic mass is 10.1. The van der Waals surface area contributed by atoms with Gasteiger partial charge in [-0.25, -0.2) is 9.59 Å². The highest BCUT2D eigenvalue weighted by atomic mass is 32.2. The number of thioether (sulfide) groups is 1. The highest BCUT2D eigenvalue weighted by Gasteiger charge is 2.41. The number of amides is 2. The van der Waals surface area contributed by atoms with Gasteiger partial charge in [0.05, 0.1) is 5.37 Å². The fraction of sp³-hybridized carbons (Fsp3) is 0.667. The molecule has 0 aromatic rings. The lowest BCUT2D eigenvalue weighted by Gasteiger charge is -2.33. The number of carbonyl (C=O) groups excluding carboxylic acids is 1. The molecule has 2 atom stereocenters. The van der Waals surface area contributed by atoms with Crippen molar-refractivity contribution in [1.29, 1.82) is 0 Å². The number of nitrogens with zero attached hydrogens (tertiary/aromatic N) is 2. The second-order valence-corrected chi connectivity index (χ2v) is 6.07. The Morgan fingerprint density at radius 2 is 2.22 bits per heavy atom. The Labute approximate surface area is 111 Å². The van der Waals surface area contributed by atoms with Gasteiger partial charge in [-0.2, -0.15) is 0 Å². The van der Waals surface area contributed by atoms with Crippen molar-refractivity contribution in [3.05, 3.63) is 11.6 Å². The van der Waals surface area contributed by atoms with Crippen molar-refractivity contribution in [3.8, 4) is 0 Å². The number of carbonyl (C=O) groups is 2. The van der Waals surface area contributed by atoms with E-state index >= 15 is 0 Å². The van der Waals surface area contributed by atoms with Gasteiger partial charge in [0.25, 0.3) is 0 Å². The summed E-state index contributed by atoms with van der Waals surface area (Å²) in [6, 6.07) is -0.840. The van der Waals surface area contributed by atoms with Crippen LogP contribution in [-0.4, -0.2) is 57.2 Å². The SMILES string of the molecule is CC1=CCN(C(=O)N2C(C)SCC2C(=O)O)CC1. The van der Waals surface area contributed by atoms with Crippen LogP contribution in [0, 0.1) is 0 Å². The molecule has 18 heavy (non-hydrogen) atoms. The van der Waals surface area contributed by atoms with Crippen LogP contribution in [0.3, 0.4) is 0 Å². The minimum absolute atomic E-state index is 0.0643. The molecule has 2 rings (SSSR count). The summed E-state index contributed by atoms with van der Waals surface area (Å²) in [5.74, 6) is -0.436. The van der Waals surface area contributed by atoms with Gasteiger partial charge in [-0.15, -0.1) is 11.8 Å². The van der Waals surface area contributed by atoms with E-state index < -0.39 is 12.0 Å². The van der Waals surface area contributed by atoms with Crippen molar-refractivity contribution >= 4 is 23.8 Å². The number of carboxylic acids is 1. The minimum Gasteiger partial charge on any atom is -0.480 e. The van der Waals surface area contributed by atoms with Crippen LogP contribution in [0.4, 0.5) is 4.79 Å². The van der Waals surface area contributed by atoms with Crippen LogP contribution in [0.25, 0.3) is 0 Å². The number of carboxylic acid groups (broad SMARTS) is 1. The van der Waals surface area contributed by atoms with Crippen molar-refractivity contribution in [2.75, 3.05) is 18.8 Å². The standard InChI is InChI=1S/C12H18N2O3S/c1-8-3-5-13(6-4-8)12(17)14-9(2)18-7-10(14)11(15)16/h3,9-10H,4-7H2,1-2H3,(H,15,16). The fourth-order valence-electron chi connectivity index (χ4n) is 2.23. The smallest absolute Gasteiger partial charge is 0.327 e. The van der Waals surface area contributed by atoms with Gasteiger partial charge in [0, 0.05) is 18.8 Å². The average Bonchev–Trinajstić information content (AvgIpc) is 2.71. The molecule has 0 saturated carbocycles. The van der Waals surface area contributed by atoms with Gasteiger partial charge in [0.1, 0.15) is 6.04 Å². The van der Waals surface area contributed by atoms with Gasteiger partial charge in [-0.3, -0.25) is 4.90 Å². The molecule has 1 saturated heterocycles. The summed E-state index contributed by atoms with van der Waals surface area (Å²) in [6.07, 6.45) is 2.91. The van der Waals surface area contributed by atoms with Crippen LogP contribution >= 0.6 is 11.8 Å². The van der Waals surface area contributed by atoms with Gasteiger partial charge in [0.15, 0.2) is 0 Å². The number of aliphatic carboxylic acids is 1. The van der Waals surface area contributed by atoms with Gasteiger partial charge >= 0.3 is 12.0 Å². The van der Waals surface area contributed by atoms with E-state index in [2.05, 4.69) is 6.92 Å². The minimum atomic E-state index is -0.913. The molecule has 0 aliphatic carbocycles. The van der Waals surface area contributed by atoms with E-state index in [1.54, 1.807) is 4.90 Å². The van der Waals surface area contributed by atoms with Crippen molar-refractivity contribution in [2.45, 2.75) is 31.7 Å². The molecule has 2 aliphatic rings. The molecule has 0 aromatic heterocycles. The number of hydrogen-bond acceptors (Lipinski definition) is 3. The molecule has 0 aromatic carbocycles. The third-order valence-corrected chi connectivity index (χ3v) is 4.65. The Morgan fingerprint density at radius 3 is 2.78 bits per heavy atom. The molecular weight excluding hydrogens is 252 g/mol. The van der Waals surface area contributed by atoms with Crippen LogP contribution < -0.4 is 0 Å². The van der Waals surface area contributed by atoms with Crippen molar-refractivity contribution < 1.29 is 14.7 Å². The monoisotopic (exact) mass is 270 g/mol. The van der Waals surface area contributed by atoms with E-state index in [4.69, 9.17) is 5.11 Å². The van der Waals surface area contributed by atoms with Crippen LogP contribution in [0.2, 0.25) is 0 Å². The molecule has 1 N–H and O–H groups in total. The third kappa shape index (κ3) is 2.48. The Morgan fingerprint density at radius 1 is 1.50 bits per heavy atom. The highest BCUT2D eigenvalue weighted by Crippen LogP contribution is 2.30. The van der Waals surface area contributed by atoms with E-state index in [0.29, 0.717) is 18.8 Å². The molecule has 0 spiro atoms. The maximum atomic E-state index is 12.4. The third-order valence-electron chi connectivity index (χ3n) is 3.44. The van der Waals surface area contributed by atoms with Crippen LogP contribution in [-0.2, 0) is 4.79 Å². The van der Waals surface area contributed by atoms with Gasteiger partial charge in [-0.1, -0.05) is 11.6 Å². The van der Waals surface area contributed by atoms with Crippen molar-refractivity contribution in [3.63, 3.8) is 0 Å². The topological polar surface area (TPSA) is 60.9 Å². The van der Waals surface area contributed by atoms with Gasteiger partial charge in [-0.05, 0) is 20.3 Å². The molecule has 0 radical (unpaired) electrons. The zero-order chi connectivity index (χ0) is 13.3. The first-order valence-electron chi connectivity index (χ1n) is 6.08. The lowest BCUT2D eigenvalue weighted by Crippen LogP contribution is -2.51. The summed E-state index contributed by atoms with van der Waals surface area (Å²) >= 11 is 1.52. The number of hydrogen-bond donors (Lipinski definition) is 1. The van der Waals surface area contributed by atoms with Crippen molar-refractivity contribution in [1.82, 2.24) is 9.80 Å². The van der Waals surface area contributed by atoms with Crippen LogP contribution in [0.5, 0.6) is 0 Å². The first kappa shape index (κ1) is 13.3. The summed E-state index contributed by atoms with van der Waals surface area (Å²) in [4.78, 5) is 26.8. The fourth-order valence-corrected chi connectivity index (χ4v) is 3.39. The lowest BCUT2D eigenvalue weighted by molar-refractivity contribution is -0.141. The predicted octanol–water partition coefficient (Wildman–Crippen LogP) is 1.61. The molecule has 0 bridgehead atoms. The number of rotatable bonds is 1. The molecular formula is C12H18N2O3S. The molecule has 2 amide bonds. The first-order chi connectivity index (χ1) is 8.50. The van der Waals surface area contributed by atoms with E-state index in [0.717, 1.165) is 6.42 Å². The highest BCUT2D eigenvalue weighted by molar-refractivity contribution is 8.00. The molecule has 2 aliphatic heterocycles. The summed E-state index contributed by atoms with van der Waals surface area (Å²) in [7, 11) is 0. The summed E-state index contributed by atoms with van der Waals surface area (Å²) in [6.45, 7) is 5.21.